The number of nitrogens with zero attached hydrogens (tertiary/aromatic N) is 4. The van der Waals surface area contributed by atoms with E-state index in [9.17, 15) is 0 Å². The van der Waals surface area contributed by atoms with Gasteiger partial charge >= 0.3 is 0 Å². The summed E-state index contributed by atoms with van der Waals surface area (Å²) in [6, 6.07) is 33.5. The maximum absolute atomic E-state index is 5.09. The number of hydrogen-bond donors (Lipinski definition) is 0. The molecule has 4 aromatic carbocycles. The van der Waals surface area contributed by atoms with Crippen molar-refractivity contribution in [1.29, 1.82) is 0 Å². The molecule has 2 heterocycles. The Morgan fingerprint density at radius 3 is 2.08 bits per heavy atom. The maximum atomic E-state index is 5.09. The summed E-state index contributed by atoms with van der Waals surface area (Å²) in [4.78, 5) is 10.2. The molecule has 0 aliphatic carbocycles. The zero-order valence-electron chi connectivity index (χ0n) is 21.5. The minimum Gasteiger partial charge on any atom is -0.292 e. The first-order valence-electron chi connectivity index (χ1n) is 12.8. The van der Waals surface area contributed by atoms with Gasteiger partial charge in [-0.25, -0.2) is 9.97 Å². The molecule has 5 heteroatoms. The summed E-state index contributed by atoms with van der Waals surface area (Å²) in [6.45, 7) is 6.11. The van der Waals surface area contributed by atoms with Crippen LogP contribution in [0.4, 0.5) is 0 Å². The van der Waals surface area contributed by atoms with Crippen LogP contribution in [0.1, 0.15) is 6.92 Å². The molecular formula is C33H27BN4. The number of fused-ring (bicyclic) bond motifs is 2. The van der Waals surface area contributed by atoms with Crippen molar-refractivity contribution in [3.05, 3.63) is 128 Å². The third kappa shape index (κ3) is 4.08. The summed E-state index contributed by atoms with van der Waals surface area (Å²) in [6.07, 6.45) is 7.99. The SMILES string of the molecule is Bc1cc(-c2nc3ccccc3n2/C(C=C)=C/C=C\C)cc(-c2nc3ccccc3n2-c2ccccc2)c1. The molecule has 0 aliphatic rings. The van der Waals surface area contributed by atoms with E-state index in [1.807, 2.05) is 49.4 Å². The first kappa shape index (κ1) is 23.5. The molecular weight excluding hydrogens is 463 g/mol. The largest absolute Gasteiger partial charge is 0.292 e. The molecule has 2 aromatic heterocycles. The zero-order chi connectivity index (χ0) is 26.1. The van der Waals surface area contributed by atoms with Gasteiger partial charge < -0.3 is 0 Å². The summed E-state index contributed by atoms with van der Waals surface area (Å²) in [5.74, 6) is 1.77. The van der Waals surface area contributed by atoms with Crippen LogP contribution in [0.3, 0.4) is 0 Å². The second-order valence-corrected chi connectivity index (χ2v) is 9.26. The Labute approximate surface area is 223 Å². The van der Waals surface area contributed by atoms with Gasteiger partial charge in [0.15, 0.2) is 0 Å². The molecule has 6 rings (SSSR count). The molecule has 0 spiro atoms. The highest BCUT2D eigenvalue weighted by Crippen LogP contribution is 2.33. The van der Waals surface area contributed by atoms with E-state index in [4.69, 9.17) is 9.97 Å². The van der Waals surface area contributed by atoms with Crippen molar-refractivity contribution in [3.63, 3.8) is 0 Å². The van der Waals surface area contributed by atoms with Gasteiger partial charge in [-0.3, -0.25) is 9.13 Å². The Balaban J connectivity index is 1.62. The van der Waals surface area contributed by atoms with Crippen molar-refractivity contribution in [3.8, 4) is 28.5 Å². The fourth-order valence-corrected chi connectivity index (χ4v) is 5.01. The van der Waals surface area contributed by atoms with E-state index in [1.54, 1.807) is 0 Å². The lowest BCUT2D eigenvalue weighted by Gasteiger charge is -2.14. The average Bonchev–Trinajstić information content (AvgIpc) is 3.53. The molecule has 0 saturated carbocycles. The van der Waals surface area contributed by atoms with Crippen LogP contribution in [0.2, 0.25) is 0 Å². The lowest BCUT2D eigenvalue weighted by atomic mass is 9.91. The van der Waals surface area contributed by atoms with E-state index in [2.05, 4.69) is 102 Å². The van der Waals surface area contributed by atoms with Crippen molar-refractivity contribution in [2.24, 2.45) is 0 Å². The van der Waals surface area contributed by atoms with E-state index < -0.39 is 0 Å². The summed E-state index contributed by atoms with van der Waals surface area (Å²) >= 11 is 0. The number of para-hydroxylation sites is 5. The third-order valence-corrected chi connectivity index (χ3v) is 6.66. The number of allylic oxidation sites excluding steroid dienone is 5. The van der Waals surface area contributed by atoms with Gasteiger partial charge in [-0.15, -0.1) is 0 Å². The smallest absolute Gasteiger partial charge is 0.145 e. The fraction of sp³-hybridized carbons (Fsp3) is 0.0303. The first-order valence-corrected chi connectivity index (χ1v) is 12.8. The zero-order valence-corrected chi connectivity index (χ0v) is 21.5. The van der Waals surface area contributed by atoms with Gasteiger partial charge in [-0.2, -0.15) is 0 Å². The number of aromatic nitrogens is 4. The summed E-state index contributed by atoms with van der Waals surface area (Å²) in [5.41, 5.74) is 9.26. The topological polar surface area (TPSA) is 35.6 Å². The molecule has 38 heavy (non-hydrogen) atoms. The van der Waals surface area contributed by atoms with E-state index in [0.717, 1.165) is 61.7 Å². The van der Waals surface area contributed by atoms with Gasteiger partial charge in [0.05, 0.1) is 22.1 Å². The first-order chi connectivity index (χ1) is 18.7. The lowest BCUT2D eigenvalue weighted by Crippen LogP contribution is -2.07. The molecule has 6 aromatic rings. The highest BCUT2D eigenvalue weighted by Gasteiger charge is 2.18. The van der Waals surface area contributed by atoms with Crippen LogP contribution in [0.5, 0.6) is 0 Å². The van der Waals surface area contributed by atoms with E-state index in [1.165, 1.54) is 0 Å². The van der Waals surface area contributed by atoms with Crippen LogP contribution >= 0.6 is 0 Å². The molecule has 0 amide bonds. The van der Waals surface area contributed by atoms with Crippen molar-refractivity contribution in [1.82, 2.24) is 19.1 Å². The molecule has 0 aliphatic heterocycles. The van der Waals surface area contributed by atoms with Crippen molar-refractivity contribution < 1.29 is 0 Å². The number of benzene rings is 4. The summed E-state index contributed by atoms with van der Waals surface area (Å²) in [7, 11) is 2.12. The predicted molar refractivity (Wildman–Crippen MR) is 163 cm³/mol. The van der Waals surface area contributed by atoms with Crippen LogP contribution in [-0.2, 0) is 0 Å². The minimum absolute atomic E-state index is 0.870. The molecule has 0 radical (unpaired) electrons. The van der Waals surface area contributed by atoms with E-state index in [0.29, 0.717) is 0 Å². The molecule has 0 saturated heterocycles. The number of rotatable bonds is 6. The highest BCUT2D eigenvalue weighted by molar-refractivity contribution is 6.33. The summed E-state index contributed by atoms with van der Waals surface area (Å²) < 4.78 is 4.42. The van der Waals surface area contributed by atoms with E-state index >= 15 is 0 Å². The van der Waals surface area contributed by atoms with Gasteiger partial charge in [-0.05, 0) is 61.5 Å². The van der Waals surface area contributed by atoms with Crippen LogP contribution in [-0.4, -0.2) is 26.9 Å². The molecule has 182 valence electrons. The van der Waals surface area contributed by atoms with Gasteiger partial charge in [0.25, 0.3) is 0 Å². The van der Waals surface area contributed by atoms with Gasteiger partial charge in [0.1, 0.15) is 19.5 Å². The Hall–Kier alpha value is -4.90. The lowest BCUT2D eigenvalue weighted by molar-refractivity contribution is 1.10. The second-order valence-electron chi connectivity index (χ2n) is 9.26. The van der Waals surface area contributed by atoms with Crippen molar-refractivity contribution >= 4 is 41.1 Å². The van der Waals surface area contributed by atoms with Crippen LogP contribution < -0.4 is 5.46 Å². The van der Waals surface area contributed by atoms with Crippen molar-refractivity contribution in [2.45, 2.75) is 6.92 Å². The normalized spacial score (nSPS) is 12.1. The van der Waals surface area contributed by atoms with Crippen molar-refractivity contribution in [2.75, 3.05) is 0 Å². The van der Waals surface area contributed by atoms with Crippen LogP contribution in [0.15, 0.2) is 128 Å². The van der Waals surface area contributed by atoms with E-state index in [-0.39, 0.29) is 0 Å². The molecule has 0 N–H and O–H groups in total. The second kappa shape index (κ2) is 9.87. The molecule has 0 unspecified atom stereocenters. The Morgan fingerprint density at radius 2 is 1.37 bits per heavy atom. The molecule has 0 fully saturated rings. The number of imidazole rings is 2. The molecule has 0 atom stereocenters. The van der Waals surface area contributed by atoms with Crippen LogP contribution in [0, 0.1) is 0 Å². The Morgan fingerprint density at radius 1 is 0.763 bits per heavy atom. The van der Waals surface area contributed by atoms with Crippen LogP contribution in [0.25, 0.3) is 56.2 Å². The number of hydrogen-bond acceptors (Lipinski definition) is 2. The maximum Gasteiger partial charge on any atom is 0.145 e. The minimum atomic E-state index is 0.870. The predicted octanol–water partition coefficient (Wildman–Crippen LogP) is 6.57. The monoisotopic (exact) mass is 490 g/mol. The van der Waals surface area contributed by atoms with Gasteiger partial charge in [0, 0.05) is 22.5 Å². The standard InChI is InChI=1S/C33H27BN4/c1-3-5-13-26(4-2)37-30-18-11-9-16-28(30)35-32(37)23-20-24(22-25(34)21-23)33-36-29-17-10-12-19-31(29)38(33)27-14-7-6-8-15-27/h3-22H,2,34H2,1H3/b5-3-,26-13+. The molecule has 4 nitrogen and oxygen atoms in total. The summed E-state index contributed by atoms with van der Waals surface area (Å²) in [5, 5.41) is 0. The average molecular weight is 490 g/mol. The highest BCUT2D eigenvalue weighted by atomic mass is 15.1. The quantitative estimate of drug-likeness (QED) is 0.196. The van der Waals surface area contributed by atoms with Gasteiger partial charge in [-0.1, -0.05) is 78.8 Å². The third-order valence-electron chi connectivity index (χ3n) is 6.66. The fourth-order valence-electron chi connectivity index (χ4n) is 5.01. The van der Waals surface area contributed by atoms with Gasteiger partial charge in [0.2, 0.25) is 0 Å². The Kier molecular flexibility index (Phi) is 6.10. The molecule has 0 bridgehead atoms. The Bertz CT molecular complexity index is 1860.